The molecule has 7 nitrogen and oxygen atoms in total. The van der Waals surface area contributed by atoms with Gasteiger partial charge in [0, 0.05) is 24.1 Å². The van der Waals surface area contributed by atoms with Crippen LogP contribution in [0.1, 0.15) is 56.3 Å². The lowest BCUT2D eigenvalue weighted by Crippen LogP contribution is -2.29. The molecule has 1 amide bonds. The highest BCUT2D eigenvalue weighted by Gasteiger charge is 2.47. The minimum atomic E-state index is -0.857. The van der Waals surface area contributed by atoms with E-state index in [4.69, 9.17) is 9.47 Å². The number of amides is 1. The van der Waals surface area contributed by atoms with E-state index in [1.807, 2.05) is 38.1 Å². The van der Waals surface area contributed by atoms with Gasteiger partial charge in [0.2, 0.25) is 0 Å². The molecule has 4 rings (SSSR count). The number of ether oxygens (including phenoxy) is 2. The molecule has 0 radical (unpaired) electrons. The molecule has 0 bridgehead atoms. The molecular weight excluding hydrogens is 456 g/mol. The van der Waals surface area contributed by atoms with Crippen LogP contribution < -0.4 is 14.4 Å². The van der Waals surface area contributed by atoms with Gasteiger partial charge in [0.1, 0.15) is 17.3 Å². The van der Waals surface area contributed by atoms with Crippen molar-refractivity contribution in [1.82, 2.24) is 4.98 Å². The van der Waals surface area contributed by atoms with Crippen molar-refractivity contribution in [2.24, 2.45) is 0 Å². The van der Waals surface area contributed by atoms with Crippen LogP contribution in [0.2, 0.25) is 0 Å². The number of nitrogens with zero attached hydrogens (tertiary/aromatic N) is 2. The lowest BCUT2D eigenvalue weighted by molar-refractivity contribution is -0.132. The van der Waals surface area contributed by atoms with Gasteiger partial charge in [0.25, 0.3) is 11.7 Å². The summed E-state index contributed by atoms with van der Waals surface area (Å²) in [6.45, 7) is 8.69. The molecule has 1 saturated heterocycles. The Morgan fingerprint density at radius 2 is 1.75 bits per heavy atom. The first-order valence-electron chi connectivity index (χ1n) is 12.1. The fourth-order valence-electron chi connectivity index (χ4n) is 4.35. The molecule has 1 aliphatic heterocycles. The van der Waals surface area contributed by atoms with Gasteiger partial charge in [-0.15, -0.1) is 0 Å². The van der Waals surface area contributed by atoms with Crippen LogP contribution in [0.25, 0.3) is 5.76 Å². The van der Waals surface area contributed by atoms with Crippen LogP contribution >= 0.6 is 0 Å². The van der Waals surface area contributed by atoms with Gasteiger partial charge in [-0.1, -0.05) is 32.0 Å². The van der Waals surface area contributed by atoms with E-state index in [1.165, 1.54) is 4.90 Å². The Hall–Kier alpha value is -4.13. The smallest absolute Gasteiger partial charge is 0.300 e. The van der Waals surface area contributed by atoms with Crippen LogP contribution in [0, 0.1) is 0 Å². The van der Waals surface area contributed by atoms with Crippen LogP contribution in [-0.2, 0) is 9.59 Å². The topological polar surface area (TPSA) is 89.0 Å². The standard InChI is InChI=1S/C29H30N2O5/c1-5-35-22-13-14-23(24(16-22)36-6-2)27(32)25-26(20-8-7-15-30-17-20)31(29(34)28(25)33)21-11-9-19(10-12-21)18(3)4/h7-18,26,32H,5-6H2,1-4H3/b27-25-. The molecule has 0 aliphatic carbocycles. The summed E-state index contributed by atoms with van der Waals surface area (Å²) in [7, 11) is 0. The maximum atomic E-state index is 13.4. The van der Waals surface area contributed by atoms with Gasteiger partial charge in [-0.3, -0.25) is 19.5 Å². The zero-order valence-corrected chi connectivity index (χ0v) is 20.9. The van der Waals surface area contributed by atoms with Crippen LogP contribution in [0.4, 0.5) is 5.69 Å². The molecule has 3 aromatic rings. The number of aliphatic hydroxyl groups is 1. The quantitative estimate of drug-likeness (QED) is 0.252. The molecule has 36 heavy (non-hydrogen) atoms. The second-order valence-corrected chi connectivity index (χ2v) is 8.73. The van der Waals surface area contributed by atoms with Gasteiger partial charge in [0.15, 0.2) is 0 Å². The SMILES string of the molecule is CCOc1ccc(/C(O)=C2/C(=O)C(=O)N(c3ccc(C(C)C)cc3)C2c2cccnc2)c(OCC)c1. The average molecular weight is 487 g/mol. The molecule has 2 heterocycles. The first-order chi connectivity index (χ1) is 17.4. The van der Waals surface area contributed by atoms with Crippen LogP contribution in [0.5, 0.6) is 11.5 Å². The molecule has 0 saturated carbocycles. The maximum Gasteiger partial charge on any atom is 0.300 e. The number of anilines is 1. The molecule has 1 aliphatic rings. The van der Waals surface area contributed by atoms with Crippen molar-refractivity contribution in [3.63, 3.8) is 0 Å². The summed E-state index contributed by atoms with van der Waals surface area (Å²) in [6.07, 6.45) is 3.22. The van der Waals surface area contributed by atoms with E-state index >= 15 is 0 Å². The highest BCUT2D eigenvalue weighted by Crippen LogP contribution is 2.43. The zero-order chi connectivity index (χ0) is 25.8. The fraction of sp³-hybridized carbons (Fsp3) is 0.276. The molecule has 7 heteroatoms. The van der Waals surface area contributed by atoms with Crippen molar-refractivity contribution in [2.45, 2.75) is 39.7 Å². The highest BCUT2D eigenvalue weighted by molar-refractivity contribution is 6.51. The lowest BCUT2D eigenvalue weighted by atomic mass is 9.95. The molecule has 1 unspecified atom stereocenters. The van der Waals surface area contributed by atoms with E-state index < -0.39 is 17.7 Å². The largest absolute Gasteiger partial charge is 0.507 e. The summed E-state index contributed by atoms with van der Waals surface area (Å²) in [5, 5.41) is 11.5. The number of aliphatic hydroxyl groups excluding tert-OH is 1. The molecular formula is C29H30N2O5. The Labute approximate surface area is 211 Å². The summed E-state index contributed by atoms with van der Waals surface area (Å²) >= 11 is 0. The zero-order valence-electron chi connectivity index (χ0n) is 20.9. The predicted octanol–water partition coefficient (Wildman–Crippen LogP) is 5.63. The van der Waals surface area contributed by atoms with Crippen molar-refractivity contribution in [3.05, 3.63) is 89.3 Å². The van der Waals surface area contributed by atoms with E-state index in [2.05, 4.69) is 18.8 Å². The number of rotatable bonds is 8. The predicted molar refractivity (Wildman–Crippen MR) is 138 cm³/mol. The van der Waals surface area contributed by atoms with Crippen LogP contribution in [0.3, 0.4) is 0 Å². The highest BCUT2D eigenvalue weighted by atomic mass is 16.5. The number of pyridine rings is 1. The first-order valence-corrected chi connectivity index (χ1v) is 12.1. The molecule has 1 atom stereocenters. The Bertz CT molecular complexity index is 1280. The fourth-order valence-corrected chi connectivity index (χ4v) is 4.35. The Morgan fingerprint density at radius 1 is 1.03 bits per heavy atom. The second-order valence-electron chi connectivity index (χ2n) is 8.73. The molecule has 2 aromatic carbocycles. The van der Waals surface area contributed by atoms with Gasteiger partial charge < -0.3 is 14.6 Å². The Balaban J connectivity index is 1.90. The summed E-state index contributed by atoms with van der Waals surface area (Å²) in [5.74, 6) is -0.544. The number of aromatic nitrogens is 1. The first kappa shape index (κ1) is 25.0. The number of Topliss-reactive ketones (excluding diaryl/α,β-unsaturated/α-hetero) is 1. The van der Waals surface area contributed by atoms with Crippen molar-refractivity contribution in [1.29, 1.82) is 0 Å². The lowest BCUT2D eigenvalue weighted by Gasteiger charge is -2.25. The molecule has 1 N–H and O–H groups in total. The van der Waals surface area contributed by atoms with Crippen LogP contribution in [0.15, 0.2) is 72.6 Å². The third-order valence-electron chi connectivity index (χ3n) is 6.10. The maximum absolute atomic E-state index is 13.4. The normalized spacial score (nSPS) is 17.0. The van der Waals surface area contributed by atoms with Crippen molar-refractivity contribution >= 4 is 23.1 Å². The third-order valence-corrected chi connectivity index (χ3v) is 6.10. The van der Waals surface area contributed by atoms with Crippen molar-refractivity contribution in [2.75, 3.05) is 18.1 Å². The molecule has 1 aromatic heterocycles. The Morgan fingerprint density at radius 3 is 2.36 bits per heavy atom. The number of benzene rings is 2. The van der Waals surface area contributed by atoms with Gasteiger partial charge in [-0.25, -0.2) is 0 Å². The Kier molecular flexibility index (Phi) is 7.38. The van der Waals surface area contributed by atoms with E-state index in [0.717, 1.165) is 5.56 Å². The average Bonchev–Trinajstić information content (AvgIpc) is 3.15. The summed E-state index contributed by atoms with van der Waals surface area (Å²) in [6, 6.07) is 15.2. The van der Waals surface area contributed by atoms with Crippen molar-refractivity contribution in [3.8, 4) is 11.5 Å². The van der Waals surface area contributed by atoms with Crippen LogP contribution in [-0.4, -0.2) is 35.0 Å². The number of hydrogen-bond donors (Lipinski definition) is 1. The van der Waals surface area contributed by atoms with E-state index in [-0.39, 0.29) is 11.3 Å². The summed E-state index contributed by atoms with van der Waals surface area (Å²) < 4.78 is 11.3. The van der Waals surface area contributed by atoms with Crippen molar-refractivity contribution < 1.29 is 24.2 Å². The number of carbonyl (C=O) groups excluding carboxylic acids is 2. The van der Waals surface area contributed by atoms with Gasteiger partial charge in [-0.2, -0.15) is 0 Å². The van der Waals surface area contributed by atoms with Gasteiger partial charge >= 0.3 is 0 Å². The van der Waals surface area contributed by atoms with Gasteiger partial charge in [-0.05, 0) is 61.2 Å². The minimum absolute atomic E-state index is 0.0222. The van der Waals surface area contributed by atoms with E-state index in [0.29, 0.717) is 47.4 Å². The number of ketones is 1. The van der Waals surface area contributed by atoms with E-state index in [1.54, 1.807) is 42.7 Å². The summed E-state index contributed by atoms with van der Waals surface area (Å²) in [5.41, 5.74) is 2.57. The molecule has 186 valence electrons. The number of carbonyl (C=O) groups is 2. The minimum Gasteiger partial charge on any atom is -0.507 e. The second kappa shape index (κ2) is 10.6. The summed E-state index contributed by atoms with van der Waals surface area (Å²) in [4.78, 5) is 32.4. The molecule has 0 spiro atoms. The van der Waals surface area contributed by atoms with Gasteiger partial charge in [0.05, 0.1) is 30.4 Å². The molecule has 1 fully saturated rings. The monoisotopic (exact) mass is 486 g/mol. The third kappa shape index (κ3) is 4.69. The number of hydrogen-bond acceptors (Lipinski definition) is 6. The van der Waals surface area contributed by atoms with E-state index in [9.17, 15) is 14.7 Å².